The molecule has 0 saturated heterocycles. The highest BCUT2D eigenvalue weighted by atomic mass is 15.0. The summed E-state index contributed by atoms with van der Waals surface area (Å²) in [5, 5.41) is 5.53. The number of aromatic nitrogens is 2. The minimum atomic E-state index is 0.955. The number of hydrogen-bond acceptors (Lipinski definition) is 0. The van der Waals surface area contributed by atoms with Gasteiger partial charge in [0, 0.05) is 45.7 Å². The van der Waals surface area contributed by atoms with Gasteiger partial charge in [-0.2, -0.15) is 0 Å². The summed E-state index contributed by atoms with van der Waals surface area (Å²) in [5.41, 5.74) is 10.8. The van der Waals surface area contributed by atoms with Crippen molar-refractivity contribution < 1.29 is 0 Å². The molecule has 0 aliphatic heterocycles. The molecule has 0 N–H and O–H groups in total. The zero-order valence-corrected chi connectivity index (χ0v) is 19.2. The molecule has 0 atom stereocenters. The molecule has 6 rings (SSSR count). The van der Waals surface area contributed by atoms with E-state index in [-0.39, 0.29) is 0 Å². The number of para-hydroxylation sites is 1. The summed E-state index contributed by atoms with van der Waals surface area (Å²) in [4.78, 5) is 0. The number of benzene rings is 4. The van der Waals surface area contributed by atoms with Gasteiger partial charge in [-0.25, -0.2) is 0 Å². The maximum Gasteiger partial charge on any atom is 0.0531 e. The summed E-state index contributed by atoms with van der Waals surface area (Å²) in [6.45, 7) is 11.1. The summed E-state index contributed by atoms with van der Waals surface area (Å²) in [6, 6.07) is 26.6. The van der Waals surface area contributed by atoms with Gasteiger partial charge in [0.25, 0.3) is 0 Å². The van der Waals surface area contributed by atoms with E-state index in [1.54, 1.807) is 0 Å². The maximum atomic E-state index is 2.52. The van der Waals surface area contributed by atoms with Gasteiger partial charge in [0.2, 0.25) is 0 Å². The van der Waals surface area contributed by atoms with Crippen molar-refractivity contribution in [2.24, 2.45) is 0 Å². The van der Waals surface area contributed by atoms with Crippen LogP contribution < -0.4 is 0 Å². The first-order valence-electron chi connectivity index (χ1n) is 11.7. The lowest BCUT2D eigenvalue weighted by Crippen LogP contribution is -1.99. The van der Waals surface area contributed by atoms with Gasteiger partial charge in [0.1, 0.15) is 0 Å². The highest BCUT2D eigenvalue weighted by molar-refractivity contribution is 6.29. The molecule has 2 heteroatoms. The first-order chi connectivity index (χ1) is 15.7. The lowest BCUT2D eigenvalue weighted by molar-refractivity contribution is 0.819. The van der Waals surface area contributed by atoms with Crippen molar-refractivity contribution in [2.75, 3.05) is 0 Å². The third-order valence-electron chi connectivity index (χ3n) is 7.30. The van der Waals surface area contributed by atoms with E-state index in [1.165, 1.54) is 65.9 Å². The smallest absolute Gasteiger partial charge is 0.0531 e. The first kappa shape index (κ1) is 19.2. The monoisotopic (exact) mass is 416 g/mol. The van der Waals surface area contributed by atoms with Gasteiger partial charge < -0.3 is 9.13 Å². The molecule has 0 aliphatic carbocycles. The van der Waals surface area contributed by atoms with Crippen LogP contribution in [0.25, 0.3) is 54.7 Å². The lowest BCUT2D eigenvalue weighted by atomic mass is 9.97. The molecule has 0 bridgehead atoms. The number of rotatable bonds is 3. The summed E-state index contributed by atoms with van der Waals surface area (Å²) in [6.07, 6.45) is 0. The molecule has 0 amide bonds. The minimum absolute atomic E-state index is 0.955. The normalized spacial score (nSPS) is 12.0. The van der Waals surface area contributed by atoms with Crippen LogP contribution >= 0.6 is 0 Å². The first-order valence-corrected chi connectivity index (χ1v) is 11.7. The Kier molecular flexibility index (Phi) is 4.19. The van der Waals surface area contributed by atoms with Crippen LogP contribution in [0, 0.1) is 13.8 Å². The highest BCUT2D eigenvalue weighted by Crippen LogP contribution is 2.44. The third-order valence-corrected chi connectivity index (χ3v) is 7.30. The van der Waals surface area contributed by atoms with E-state index in [0.717, 1.165) is 13.1 Å². The third kappa shape index (κ3) is 2.41. The Morgan fingerprint density at radius 3 is 1.78 bits per heavy atom. The largest absolute Gasteiger partial charge is 0.341 e. The van der Waals surface area contributed by atoms with Crippen molar-refractivity contribution in [1.29, 1.82) is 0 Å². The van der Waals surface area contributed by atoms with Gasteiger partial charge in [0.05, 0.1) is 11.0 Å². The van der Waals surface area contributed by atoms with Crippen LogP contribution in [0.4, 0.5) is 0 Å². The molecule has 2 heterocycles. The molecule has 6 aromatic rings. The molecule has 0 aliphatic rings. The van der Waals surface area contributed by atoms with Gasteiger partial charge in [-0.15, -0.1) is 0 Å². The quantitative estimate of drug-likeness (QED) is 0.275. The van der Waals surface area contributed by atoms with Crippen LogP contribution in [0.1, 0.15) is 25.0 Å². The van der Waals surface area contributed by atoms with E-state index < -0.39 is 0 Å². The Bertz CT molecular complexity index is 1650. The van der Waals surface area contributed by atoms with Gasteiger partial charge >= 0.3 is 0 Å². The van der Waals surface area contributed by atoms with Crippen molar-refractivity contribution in [2.45, 2.75) is 40.8 Å². The second-order valence-corrected chi connectivity index (χ2v) is 8.80. The van der Waals surface area contributed by atoms with E-state index in [1.807, 2.05) is 0 Å². The van der Waals surface area contributed by atoms with Gasteiger partial charge in [0.15, 0.2) is 0 Å². The second kappa shape index (κ2) is 7.00. The van der Waals surface area contributed by atoms with Crippen LogP contribution in [0.3, 0.4) is 0 Å². The van der Waals surface area contributed by atoms with Crippen molar-refractivity contribution in [3.05, 3.63) is 83.9 Å². The van der Waals surface area contributed by atoms with Crippen molar-refractivity contribution >= 4 is 43.6 Å². The number of nitrogens with zero attached hydrogens (tertiary/aromatic N) is 2. The number of hydrogen-bond donors (Lipinski definition) is 0. The Labute approximate surface area is 188 Å². The Morgan fingerprint density at radius 1 is 0.562 bits per heavy atom. The molecule has 0 saturated carbocycles. The van der Waals surface area contributed by atoms with Crippen LogP contribution in [-0.2, 0) is 13.1 Å². The van der Waals surface area contributed by atoms with Gasteiger partial charge in [-0.3, -0.25) is 0 Å². The fourth-order valence-electron chi connectivity index (χ4n) is 5.76. The van der Waals surface area contributed by atoms with E-state index in [4.69, 9.17) is 0 Å². The van der Waals surface area contributed by atoms with Gasteiger partial charge in [-0.05, 0) is 62.1 Å². The standard InChI is InChI=1S/C30H28N2/c1-5-31-25-15-11-10-14-23(25)27-28-24-17-16-22(21-12-8-7-9-13-21)18-26(24)32(6-2)30(28)20(4)19(3)29(27)31/h7-18H,5-6H2,1-4H3. The molecule has 0 unspecified atom stereocenters. The van der Waals surface area contributed by atoms with Crippen LogP contribution in [0.5, 0.6) is 0 Å². The molecule has 32 heavy (non-hydrogen) atoms. The Morgan fingerprint density at radius 2 is 1.12 bits per heavy atom. The number of fused-ring (bicyclic) bond motifs is 7. The van der Waals surface area contributed by atoms with Crippen LogP contribution in [-0.4, -0.2) is 9.13 Å². The molecule has 4 aromatic carbocycles. The summed E-state index contributed by atoms with van der Waals surface area (Å²) >= 11 is 0. The van der Waals surface area contributed by atoms with E-state index in [2.05, 4.69) is 110 Å². The SMILES string of the molecule is CCn1c2ccccc2c2c3c4ccc(-c5ccccc5)cc4n(CC)c3c(C)c(C)c21. The molecular formula is C30H28N2. The van der Waals surface area contributed by atoms with Crippen molar-refractivity contribution in [3.8, 4) is 11.1 Å². The summed E-state index contributed by atoms with van der Waals surface area (Å²) in [5.74, 6) is 0. The van der Waals surface area contributed by atoms with E-state index in [0.29, 0.717) is 0 Å². The lowest BCUT2D eigenvalue weighted by Gasteiger charge is -2.12. The predicted octanol–water partition coefficient (Wildman–Crippen LogP) is 8.23. The maximum absolute atomic E-state index is 2.52. The molecule has 2 aromatic heterocycles. The predicted molar refractivity (Wildman–Crippen MR) is 139 cm³/mol. The Hall–Kier alpha value is -3.52. The molecule has 2 nitrogen and oxygen atoms in total. The van der Waals surface area contributed by atoms with Crippen molar-refractivity contribution in [3.63, 3.8) is 0 Å². The number of aryl methyl sites for hydroxylation is 4. The topological polar surface area (TPSA) is 9.86 Å². The fraction of sp³-hybridized carbons (Fsp3) is 0.200. The molecule has 158 valence electrons. The zero-order chi connectivity index (χ0) is 22.0. The summed E-state index contributed by atoms with van der Waals surface area (Å²) in [7, 11) is 0. The Balaban J connectivity index is 1.87. The highest BCUT2D eigenvalue weighted by Gasteiger charge is 2.22. The average Bonchev–Trinajstić information content (AvgIpc) is 3.35. The van der Waals surface area contributed by atoms with Crippen LogP contribution in [0.15, 0.2) is 72.8 Å². The fourth-order valence-corrected chi connectivity index (χ4v) is 5.76. The van der Waals surface area contributed by atoms with E-state index >= 15 is 0 Å². The molecule has 0 radical (unpaired) electrons. The van der Waals surface area contributed by atoms with Crippen molar-refractivity contribution in [1.82, 2.24) is 9.13 Å². The average molecular weight is 417 g/mol. The van der Waals surface area contributed by atoms with E-state index in [9.17, 15) is 0 Å². The van der Waals surface area contributed by atoms with Gasteiger partial charge in [-0.1, -0.05) is 60.7 Å². The molecular weight excluding hydrogens is 388 g/mol. The zero-order valence-electron chi connectivity index (χ0n) is 19.2. The molecule has 0 fully saturated rings. The van der Waals surface area contributed by atoms with Crippen LogP contribution in [0.2, 0.25) is 0 Å². The minimum Gasteiger partial charge on any atom is -0.341 e. The summed E-state index contributed by atoms with van der Waals surface area (Å²) < 4.78 is 5.02. The second-order valence-electron chi connectivity index (χ2n) is 8.80. The molecule has 0 spiro atoms.